The summed E-state index contributed by atoms with van der Waals surface area (Å²) in [5.41, 5.74) is 1.87. The van der Waals surface area contributed by atoms with Gasteiger partial charge in [0.2, 0.25) is 0 Å². The molecule has 0 saturated carbocycles. The lowest BCUT2D eigenvalue weighted by Crippen LogP contribution is -2.32. The number of hydrogen-bond acceptors (Lipinski definition) is 8. The van der Waals surface area contributed by atoms with Crippen LogP contribution < -0.4 is 10.9 Å². The summed E-state index contributed by atoms with van der Waals surface area (Å²) in [6.45, 7) is 0.516. The first kappa shape index (κ1) is 22.3. The number of hydrogen-bond donors (Lipinski definition) is 5. The largest absolute Gasteiger partial charge is 0.507 e. The molecule has 2 unspecified atom stereocenters. The first-order chi connectivity index (χ1) is 15.3. The maximum Gasteiger partial charge on any atom is 0.274 e. The Labute approximate surface area is 190 Å². The summed E-state index contributed by atoms with van der Waals surface area (Å²) >= 11 is 3.37. The van der Waals surface area contributed by atoms with Gasteiger partial charge in [-0.3, -0.25) is 14.8 Å². The van der Waals surface area contributed by atoms with Gasteiger partial charge in [-0.1, -0.05) is 15.9 Å². The van der Waals surface area contributed by atoms with Crippen LogP contribution in [0, 0.1) is 0 Å². The molecular formula is C22H21BrN2O7. The van der Waals surface area contributed by atoms with Gasteiger partial charge in [-0.05, 0) is 38.2 Å². The molecule has 1 aliphatic heterocycles. The van der Waals surface area contributed by atoms with Gasteiger partial charge in [-0.15, -0.1) is 0 Å². The zero-order chi connectivity index (χ0) is 23.2. The van der Waals surface area contributed by atoms with Crippen LogP contribution in [0.5, 0.6) is 11.5 Å². The third-order valence-electron chi connectivity index (χ3n) is 5.97. The van der Waals surface area contributed by atoms with E-state index in [0.717, 1.165) is 6.07 Å². The molecule has 2 aromatic carbocycles. The van der Waals surface area contributed by atoms with E-state index in [1.165, 1.54) is 18.2 Å². The molecular weight excluding hydrogens is 484 g/mol. The standard InChI is InChI=1S/C22H21BrN2O7/c1-25-5-4-11(14(25)9-26)19-15(27)7-16(28)20-17(29)8-18(32-21(19)20)12-6-10(22(30)24-31)2-3-13(12)23/h2-3,6-8,11,14,26-28,31H,4-5,9H2,1H3,(H,24,30). The molecule has 2 atom stereocenters. The molecule has 4 rings (SSSR count). The third-order valence-corrected chi connectivity index (χ3v) is 6.67. The van der Waals surface area contributed by atoms with Crippen molar-refractivity contribution < 1.29 is 29.7 Å². The Kier molecular flexibility index (Phi) is 5.95. The van der Waals surface area contributed by atoms with E-state index in [1.807, 2.05) is 11.9 Å². The summed E-state index contributed by atoms with van der Waals surface area (Å²) in [6, 6.07) is 6.48. The van der Waals surface area contributed by atoms with E-state index in [1.54, 1.807) is 11.5 Å². The zero-order valence-corrected chi connectivity index (χ0v) is 18.6. The Morgan fingerprint density at radius 3 is 2.69 bits per heavy atom. The molecule has 1 aromatic heterocycles. The minimum Gasteiger partial charge on any atom is -0.507 e. The number of benzene rings is 2. The maximum absolute atomic E-state index is 13.0. The number of halogens is 1. The van der Waals surface area contributed by atoms with Gasteiger partial charge in [0.05, 0.1) is 6.61 Å². The van der Waals surface area contributed by atoms with Gasteiger partial charge in [-0.25, -0.2) is 5.48 Å². The third kappa shape index (κ3) is 3.65. The predicted octanol–water partition coefficient (Wildman–Crippen LogP) is 2.53. The van der Waals surface area contributed by atoms with Gasteiger partial charge < -0.3 is 24.6 Å². The molecule has 0 aliphatic carbocycles. The number of likely N-dealkylation sites (N-methyl/N-ethyl adjacent to an activating group) is 1. The van der Waals surface area contributed by atoms with Gasteiger partial charge in [0, 0.05) is 45.3 Å². The second-order valence-electron chi connectivity index (χ2n) is 7.77. The molecule has 0 spiro atoms. The first-order valence-corrected chi connectivity index (χ1v) is 10.6. The van der Waals surface area contributed by atoms with E-state index in [0.29, 0.717) is 28.6 Å². The lowest BCUT2D eigenvalue weighted by Gasteiger charge is -2.24. The number of likely N-dealkylation sites (tertiary alicyclic amines) is 1. The van der Waals surface area contributed by atoms with Crippen molar-refractivity contribution in [3.8, 4) is 22.8 Å². The van der Waals surface area contributed by atoms with Crippen LogP contribution in [-0.2, 0) is 0 Å². The fourth-order valence-electron chi connectivity index (χ4n) is 4.34. The minimum absolute atomic E-state index is 0.0210. The number of phenolic OH excluding ortho intramolecular Hbond substituents is 2. The van der Waals surface area contributed by atoms with Gasteiger partial charge in [0.1, 0.15) is 28.2 Å². The van der Waals surface area contributed by atoms with E-state index in [4.69, 9.17) is 9.62 Å². The highest BCUT2D eigenvalue weighted by molar-refractivity contribution is 9.10. The van der Waals surface area contributed by atoms with Crippen molar-refractivity contribution in [3.63, 3.8) is 0 Å². The van der Waals surface area contributed by atoms with E-state index in [9.17, 15) is 24.9 Å². The number of aliphatic hydroxyl groups excluding tert-OH is 1. The van der Waals surface area contributed by atoms with Crippen molar-refractivity contribution in [2.45, 2.75) is 18.4 Å². The number of hydroxylamine groups is 1. The van der Waals surface area contributed by atoms with Crippen molar-refractivity contribution in [1.29, 1.82) is 0 Å². The summed E-state index contributed by atoms with van der Waals surface area (Å²) in [4.78, 5) is 26.8. The summed E-state index contributed by atoms with van der Waals surface area (Å²) in [6.07, 6.45) is 0.610. The maximum atomic E-state index is 13.0. The molecule has 1 saturated heterocycles. The SMILES string of the molecule is CN1CCC(c2c(O)cc(O)c3c(=O)cc(-c4cc(C(=O)NO)ccc4Br)oc23)C1CO. The molecule has 9 nitrogen and oxygen atoms in total. The van der Waals surface area contributed by atoms with Crippen LogP contribution in [-0.4, -0.2) is 57.6 Å². The van der Waals surface area contributed by atoms with E-state index in [2.05, 4.69) is 15.9 Å². The van der Waals surface area contributed by atoms with Crippen LogP contribution in [0.3, 0.4) is 0 Å². The predicted molar refractivity (Wildman–Crippen MR) is 119 cm³/mol. The molecule has 1 amide bonds. The minimum atomic E-state index is -0.738. The van der Waals surface area contributed by atoms with Crippen LogP contribution in [0.2, 0.25) is 0 Å². The number of aliphatic hydroxyl groups is 1. The molecule has 0 radical (unpaired) electrons. The van der Waals surface area contributed by atoms with Gasteiger partial charge in [0.15, 0.2) is 5.43 Å². The number of aromatic hydroxyl groups is 2. The van der Waals surface area contributed by atoms with Gasteiger partial charge in [0.25, 0.3) is 5.91 Å². The van der Waals surface area contributed by atoms with Crippen molar-refractivity contribution in [1.82, 2.24) is 10.4 Å². The lowest BCUT2D eigenvalue weighted by atomic mass is 9.89. The quantitative estimate of drug-likeness (QED) is 0.269. The number of phenols is 2. The van der Waals surface area contributed by atoms with Crippen molar-refractivity contribution >= 4 is 32.8 Å². The number of amides is 1. The number of nitrogens with zero attached hydrogens (tertiary/aromatic N) is 1. The fraction of sp³-hybridized carbons (Fsp3) is 0.273. The normalized spacial score (nSPS) is 18.9. The summed E-state index contributed by atoms with van der Waals surface area (Å²) in [7, 11) is 1.86. The topological polar surface area (TPSA) is 143 Å². The Morgan fingerprint density at radius 1 is 1.25 bits per heavy atom. The molecule has 32 heavy (non-hydrogen) atoms. The zero-order valence-electron chi connectivity index (χ0n) is 17.0. The van der Waals surface area contributed by atoms with Crippen molar-refractivity contribution in [2.75, 3.05) is 20.2 Å². The van der Waals surface area contributed by atoms with Crippen LogP contribution in [0.15, 0.2) is 44.0 Å². The van der Waals surface area contributed by atoms with Crippen LogP contribution in [0.4, 0.5) is 0 Å². The number of nitrogens with one attached hydrogen (secondary N) is 1. The van der Waals surface area contributed by atoms with E-state index in [-0.39, 0.29) is 46.6 Å². The average molecular weight is 505 g/mol. The molecule has 3 aromatic rings. The van der Waals surface area contributed by atoms with Crippen LogP contribution in [0.1, 0.15) is 28.3 Å². The van der Waals surface area contributed by atoms with E-state index < -0.39 is 17.1 Å². The lowest BCUT2D eigenvalue weighted by molar-refractivity contribution is 0.0706. The average Bonchev–Trinajstić information content (AvgIpc) is 3.12. The van der Waals surface area contributed by atoms with Gasteiger partial charge >= 0.3 is 0 Å². The second kappa shape index (κ2) is 8.55. The highest BCUT2D eigenvalue weighted by atomic mass is 79.9. The Morgan fingerprint density at radius 2 is 2.00 bits per heavy atom. The monoisotopic (exact) mass is 504 g/mol. The van der Waals surface area contributed by atoms with Crippen molar-refractivity contribution in [2.24, 2.45) is 0 Å². The van der Waals surface area contributed by atoms with Crippen molar-refractivity contribution in [3.05, 3.63) is 56.2 Å². The Hall–Kier alpha value is -2.92. The highest BCUT2D eigenvalue weighted by Crippen LogP contribution is 2.44. The Bertz CT molecular complexity index is 1270. The Balaban J connectivity index is 2.00. The van der Waals surface area contributed by atoms with Gasteiger partial charge in [-0.2, -0.15) is 0 Å². The number of rotatable bonds is 4. The first-order valence-electron chi connectivity index (χ1n) is 9.85. The van der Waals surface area contributed by atoms with Crippen LogP contribution >= 0.6 is 15.9 Å². The fourth-order valence-corrected chi connectivity index (χ4v) is 4.79. The van der Waals surface area contributed by atoms with E-state index >= 15 is 0 Å². The molecule has 2 heterocycles. The second-order valence-corrected chi connectivity index (χ2v) is 8.62. The smallest absolute Gasteiger partial charge is 0.274 e. The number of carbonyl (C=O) groups excluding carboxylic acids is 1. The molecule has 168 valence electrons. The summed E-state index contributed by atoms with van der Waals surface area (Å²) in [5, 5.41) is 39.8. The number of carbonyl (C=O) groups is 1. The molecule has 1 aliphatic rings. The highest BCUT2D eigenvalue weighted by Gasteiger charge is 2.36. The summed E-state index contributed by atoms with van der Waals surface area (Å²) < 4.78 is 6.59. The molecule has 1 fully saturated rings. The number of fused-ring (bicyclic) bond motifs is 1. The molecule has 10 heteroatoms. The van der Waals surface area contributed by atoms with Crippen LogP contribution in [0.25, 0.3) is 22.3 Å². The molecule has 0 bridgehead atoms. The molecule has 5 N–H and O–H groups in total. The summed E-state index contributed by atoms with van der Waals surface area (Å²) in [5.74, 6) is -1.62.